The van der Waals surface area contributed by atoms with Gasteiger partial charge in [-0.05, 0) is 62.8 Å². The second-order valence-electron chi connectivity index (χ2n) is 10.5. The molecule has 3 heterocycles. The molecule has 1 spiro atoms. The lowest BCUT2D eigenvalue weighted by Crippen LogP contribution is -2.54. The molecule has 4 rings (SSSR count). The van der Waals surface area contributed by atoms with Gasteiger partial charge in [-0.1, -0.05) is 6.07 Å². The quantitative estimate of drug-likeness (QED) is 0.493. The van der Waals surface area contributed by atoms with Crippen molar-refractivity contribution in [3.63, 3.8) is 0 Å². The maximum absolute atomic E-state index is 14.2. The molecule has 1 amide bonds. The van der Waals surface area contributed by atoms with Crippen molar-refractivity contribution in [2.24, 2.45) is 5.92 Å². The Morgan fingerprint density at radius 1 is 0.974 bits per heavy atom. The Morgan fingerprint density at radius 3 is 2.15 bits per heavy atom. The summed E-state index contributed by atoms with van der Waals surface area (Å²) in [6, 6.07) is 4.46. The third-order valence-electron chi connectivity index (χ3n) is 8.10. The van der Waals surface area contributed by atoms with Gasteiger partial charge in [0.2, 0.25) is 0 Å². The molecule has 39 heavy (non-hydrogen) atoms. The van der Waals surface area contributed by atoms with Crippen LogP contribution in [0.5, 0.6) is 0 Å². The number of piperidine rings is 2. The second-order valence-corrected chi connectivity index (χ2v) is 10.5. The van der Waals surface area contributed by atoms with Crippen LogP contribution < -0.4 is 4.90 Å². The minimum absolute atomic E-state index is 0.0588. The summed E-state index contributed by atoms with van der Waals surface area (Å²) < 4.78 is 94.9. The number of amides is 1. The van der Waals surface area contributed by atoms with Crippen molar-refractivity contribution in [1.82, 2.24) is 9.80 Å². The molecule has 1 aromatic rings. The Balaban J connectivity index is 1.42. The number of rotatable bonds is 5. The van der Waals surface area contributed by atoms with Gasteiger partial charge < -0.3 is 19.6 Å². The molecule has 1 aromatic carbocycles. The molecule has 0 atom stereocenters. The minimum Gasteiger partial charge on any atom is -0.481 e. The Kier molecular flexibility index (Phi) is 8.25. The summed E-state index contributed by atoms with van der Waals surface area (Å²) in [5, 5.41) is 9.27. The highest BCUT2D eigenvalue weighted by Gasteiger charge is 2.60. The van der Waals surface area contributed by atoms with Crippen LogP contribution in [0.3, 0.4) is 0 Å². The van der Waals surface area contributed by atoms with E-state index in [-0.39, 0.29) is 13.1 Å². The molecule has 218 valence electrons. The van der Waals surface area contributed by atoms with Crippen LogP contribution in [0, 0.1) is 11.7 Å². The van der Waals surface area contributed by atoms with Gasteiger partial charge in [-0.2, -0.15) is 26.3 Å². The highest BCUT2D eigenvalue weighted by molar-refractivity contribution is 5.70. The van der Waals surface area contributed by atoms with E-state index in [9.17, 15) is 45.4 Å². The predicted molar refractivity (Wildman–Crippen MR) is 125 cm³/mol. The smallest absolute Gasteiger partial charge is 0.434 e. The highest BCUT2D eigenvalue weighted by Crippen LogP contribution is 2.42. The lowest BCUT2D eigenvalue weighted by Gasteiger charge is -2.45. The van der Waals surface area contributed by atoms with Gasteiger partial charge >= 0.3 is 24.4 Å². The number of benzene rings is 1. The first-order valence-corrected chi connectivity index (χ1v) is 12.8. The summed E-state index contributed by atoms with van der Waals surface area (Å²) in [5.74, 6) is -1.72. The predicted octanol–water partition coefficient (Wildman–Crippen LogP) is 5.19. The number of carboxylic acid groups (broad SMARTS) is 1. The summed E-state index contributed by atoms with van der Waals surface area (Å²) in [6.07, 6.45) is -14.3. The first kappa shape index (κ1) is 29.2. The molecule has 7 nitrogen and oxygen atoms in total. The summed E-state index contributed by atoms with van der Waals surface area (Å²) in [5.41, 5.74) is 1.10. The summed E-state index contributed by atoms with van der Waals surface area (Å²) >= 11 is 0. The van der Waals surface area contributed by atoms with E-state index >= 15 is 0 Å². The third kappa shape index (κ3) is 6.52. The van der Waals surface area contributed by atoms with Crippen molar-refractivity contribution in [2.45, 2.75) is 69.1 Å². The van der Waals surface area contributed by atoms with Crippen LogP contribution in [0.1, 0.15) is 44.1 Å². The highest BCUT2D eigenvalue weighted by atomic mass is 19.4. The number of halogens is 7. The van der Waals surface area contributed by atoms with Crippen LogP contribution >= 0.6 is 0 Å². The zero-order valence-electron chi connectivity index (χ0n) is 21.0. The van der Waals surface area contributed by atoms with Gasteiger partial charge in [0.15, 0.2) is 0 Å². The van der Waals surface area contributed by atoms with Crippen molar-refractivity contribution >= 4 is 17.7 Å². The maximum atomic E-state index is 14.2. The van der Waals surface area contributed by atoms with E-state index in [2.05, 4.69) is 9.64 Å². The monoisotopic (exact) mass is 569 g/mol. The fourth-order valence-electron chi connectivity index (χ4n) is 5.95. The summed E-state index contributed by atoms with van der Waals surface area (Å²) in [6.45, 7) is 1.93. The number of aliphatic carboxylic acids is 1. The maximum Gasteiger partial charge on any atom is 0.434 e. The lowest BCUT2D eigenvalue weighted by molar-refractivity contribution is -0.308. The topological polar surface area (TPSA) is 73.3 Å². The van der Waals surface area contributed by atoms with Gasteiger partial charge in [-0.3, -0.25) is 9.69 Å². The molecule has 3 saturated heterocycles. The van der Waals surface area contributed by atoms with Crippen LogP contribution in [0.4, 0.5) is 41.2 Å². The molecule has 0 radical (unpaired) electrons. The number of nitrogens with zero attached hydrogens (tertiary/aromatic N) is 3. The number of carboxylic acids is 1. The zero-order valence-corrected chi connectivity index (χ0v) is 21.0. The van der Waals surface area contributed by atoms with Crippen molar-refractivity contribution in [2.75, 3.05) is 37.6 Å². The van der Waals surface area contributed by atoms with Gasteiger partial charge in [0, 0.05) is 44.0 Å². The molecule has 0 aliphatic carbocycles. The lowest BCUT2D eigenvalue weighted by atomic mass is 9.84. The van der Waals surface area contributed by atoms with Gasteiger partial charge in [-0.15, -0.1) is 0 Å². The van der Waals surface area contributed by atoms with Gasteiger partial charge in [0.1, 0.15) is 5.82 Å². The molecule has 0 aromatic heterocycles. The number of carbonyl (C=O) groups is 2. The first-order valence-electron chi connectivity index (χ1n) is 12.8. The number of hydrogen-bond donors (Lipinski definition) is 1. The number of anilines is 1. The fourth-order valence-corrected chi connectivity index (χ4v) is 5.95. The molecule has 3 aliphatic heterocycles. The zero-order chi connectivity index (χ0) is 28.6. The molecule has 0 bridgehead atoms. The van der Waals surface area contributed by atoms with Gasteiger partial charge in [0.05, 0.1) is 5.92 Å². The second kappa shape index (κ2) is 11.0. The van der Waals surface area contributed by atoms with E-state index in [1.54, 1.807) is 6.07 Å². The SMILES string of the molecule is O=C(O)C1CCN(c2cc(F)ccc2CN2CCCC23CCN(C(=O)OC(C(F)(F)F)C(F)(F)F)CC3)CC1. The van der Waals surface area contributed by atoms with E-state index in [0.29, 0.717) is 57.5 Å². The minimum atomic E-state index is -5.77. The third-order valence-corrected chi connectivity index (χ3v) is 8.10. The van der Waals surface area contributed by atoms with Crippen LogP contribution in [-0.4, -0.2) is 83.7 Å². The van der Waals surface area contributed by atoms with E-state index in [1.807, 2.05) is 4.90 Å². The van der Waals surface area contributed by atoms with E-state index in [4.69, 9.17) is 0 Å². The first-order chi connectivity index (χ1) is 18.2. The fraction of sp³-hybridized carbons (Fsp3) is 0.680. The summed E-state index contributed by atoms with van der Waals surface area (Å²) in [7, 11) is 0. The number of ether oxygens (including phenoxy) is 1. The van der Waals surface area contributed by atoms with Crippen molar-refractivity contribution < 1.29 is 50.2 Å². The molecule has 3 fully saturated rings. The van der Waals surface area contributed by atoms with E-state index < -0.39 is 47.8 Å². The van der Waals surface area contributed by atoms with E-state index in [0.717, 1.165) is 23.3 Å². The number of carbonyl (C=O) groups excluding carboxylic acids is 1. The normalized spacial score (nSPS) is 21.1. The van der Waals surface area contributed by atoms with Crippen molar-refractivity contribution in [3.8, 4) is 0 Å². The molecule has 14 heteroatoms. The molecule has 0 saturated carbocycles. The Hall–Kier alpha value is -2.77. The average molecular weight is 570 g/mol. The Labute approximate surface area is 220 Å². The molecule has 1 N–H and O–H groups in total. The van der Waals surface area contributed by atoms with Crippen LogP contribution in [-0.2, 0) is 16.1 Å². The standard InChI is InChI=1S/C25H30F7N3O4/c26-18-3-2-17(19(14-18)33-10-4-16(5-11-33)20(36)37)15-35-9-1-6-23(35)7-12-34(13-8-23)22(38)39-21(24(27,28)29)25(30,31)32/h2-3,14,16,21H,1,4-13,15H2,(H,36,37). The molecular weight excluding hydrogens is 539 g/mol. The largest absolute Gasteiger partial charge is 0.481 e. The number of likely N-dealkylation sites (tertiary alicyclic amines) is 2. The Bertz CT molecular complexity index is 1040. The van der Waals surface area contributed by atoms with Crippen LogP contribution in [0.15, 0.2) is 18.2 Å². The van der Waals surface area contributed by atoms with Gasteiger partial charge in [-0.25, -0.2) is 9.18 Å². The van der Waals surface area contributed by atoms with Gasteiger partial charge in [0.25, 0.3) is 6.10 Å². The van der Waals surface area contributed by atoms with Crippen LogP contribution in [0.25, 0.3) is 0 Å². The van der Waals surface area contributed by atoms with E-state index in [1.165, 1.54) is 12.1 Å². The van der Waals surface area contributed by atoms with Crippen molar-refractivity contribution in [1.29, 1.82) is 0 Å². The molecule has 0 unspecified atom stereocenters. The summed E-state index contributed by atoms with van der Waals surface area (Å²) in [4.78, 5) is 28.5. The Morgan fingerprint density at radius 2 is 1.59 bits per heavy atom. The van der Waals surface area contributed by atoms with Crippen molar-refractivity contribution in [3.05, 3.63) is 29.6 Å². The van der Waals surface area contributed by atoms with Crippen LogP contribution in [0.2, 0.25) is 0 Å². The number of hydrogen-bond acceptors (Lipinski definition) is 5. The average Bonchev–Trinajstić information content (AvgIpc) is 3.23. The molecular formula is C25H30F7N3O4. The number of alkyl halides is 6. The molecule has 3 aliphatic rings.